The number of hydrogen-bond donors (Lipinski definition) is 1. The number of hydrogen-bond acceptors (Lipinski definition) is 9. The van der Waals surface area contributed by atoms with Crippen LogP contribution in [0, 0.1) is 0 Å². The molecule has 12 heteroatoms. The molecule has 2 aromatic rings. The van der Waals surface area contributed by atoms with Crippen LogP contribution in [0.25, 0.3) is 0 Å². The van der Waals surface area contributed by atoms with Gasteiger partial charge in [-0.2, -0.15) is 0 Å². The number of carbonyl (C=O) groups is 4. The van der Waals surface area contributed by atoms with E-state index in [-0.39, 0.29) is 36.3 Å². The van der Waals surface area contributed by atoms with E-state index in [1.54, 1.807) is 23.0 Å². The normalized spacial score (nSPS) is 17.6. The van der Waals surface area contributed by atoms with E-state index in [1.807, 2.05) is 6.92 Å². The Labute approximate surface area is 201 Å². The van der Waals surface area contributed by atoms with Crippen molar-refractivity contribution in [2.75, 3.05) is 26.4 Å². The monoisotopic (exact) mass is 485 g/mol. The van der Waals surface area contributed by atoms with Crippen molar-refractivity contribution >= 4 is 23.6 Å². The van der Waals surface area contributed by atoms with Crippen molar-refractivity contribution in [2.45, 2.75) is 45.4 Å². The number of nitrogens with zero attached hydrogens (tertiary/aromatic N) is 4. The molecule has 0 radical (unpaired) electrons. The van der Waals surface area contributed by atoms with Gasteiger partial charge in [-0.15, -0.1) is 5.10 Å². The van der Waals surface area contributed by atoms with Crippen molar-refractivity contribution in [3.63, 3.8) is 0 Å². The Morgan fingerprint density at radius 2 is 1.86 bits per heavy atom. The molecule has 3 heterocycles. The summed E-state index contributed by atoms with van der Waals surface area (Å²) in [5, 5.41) is 10.3. The van der Waals surface area contributed by atoms with Gasteiger partial charge in [0.2, 0.25) is 11.8 Å². The molecule has 1 saturated heterocycles. The minimum atomic E-state index is -1.03. The molecule has 35 heavy (non-hydrogen) atoms. The maximum atomic E-state index is 13.1. The van der Waals surface area contributed by atoms with Crippen LogP contribution in [0.4, 0.5) is 0 Å². The van der Waals surface area contributed by atoms with Gasteiger partial charge in [-0.3, -0.25) is 29.4 Å². The Bertz CT molecular complexity index is 1120. The molecule has 4 rings (SSSR count). The van der Waals surface area contributed by atoms with Crippen molar-refractivity contribution in [1.82, 2.24) is 25.2 Å². The lowest BCUT2D eigenvalue weighted by atomic mass is 10.0. The fourth-order valence-electron chi connectivity index (χ4n) is 3.89. The summed E-state index contributed by atoms with van der Waals surface area (Å²) in [5.74, 6) is -2.09. The summed E-state index contributed by atoms with van der Waals surface area (Å²) in [6.45, 7) is 4.82. The summed E-state index contributed by atoms with van der Waals surface area (Å²) in [5.41, 5.74) is 0.780. The fourth-order valence-corrected chi connectivity index (χ4v) is 3.89. The second-order valence-electron chi connectivity index (χ2n) is 8.11. The van der Waals surface area contributed by atoms with Gasteiger partial charge in [-0.25, -0.2) is 4.68 Å². The first kappa shape index (κ1) is 24.5. The molecule has 0 saturated carbocycles. The molecule has 1 atom stereocenters. The Kier molecular flexibility index (Phi) is 7.83. The summed E-state index contributed by atoms with van der Waals surface area (Å²) in [7, 11) is 0. The van der Waals surface area contributed by atoms with Crippen LogP contribution in [0.2, 0.25) is 0 Å². The fraction of sp³-hybridized carbons (Fsp3) is 0.478. The molecule has 186 valence electrons. The number of aromatic nitrogens is 3. The number of benzene rings is 1. The largest absolute Gasteiger partial charge is 0.486 e. The number of fused-ring (bicyclic) bond motifs is 1. The molecular weight excluding hydrogens is 458 g/mol. The summed E-state index contributed by atoms with van der Waals surface area (Å²) in [6, 6.07) is 3.66. The molecular formula is C23H27N5O7. The van der Waals surface area contributed by atoms with E-state index < -0.39 is 29.7 Å². The first-order valence-corrected chi connectivity index (χ1v) is 11.5. The Balaban J connectivity index is 1.34. The van der Waals surface area contributed by atoms with Crippen molar-refractivity contribution in [1.29, 1.82) is 0 Å². The lowest BCUT2D eigenvalue weighted by Crippen LogP contribution is -2.54. The molecule has 0 bridgehead atoms. The number of rotatable bonds is 12. The lowest BCUT2D eigenvalue weighted by molar-refractivity contribution is -0.136. The zero-order valence-corrected chi connectivity index (χ0v) is 19.4. The highest BCUT2D eigenvalue weighted by atomic mass is 16.5. The topological polar surface area (TPSA) is 142 Å². The van der Waals surface area contributed by atoms with Gasteiger partial charge in [0.15, 0.2) is 0 Å². The highest BCUT2D eigenvalue weighted by Crippen LogP contribution is 2.33. The van der Waals surface area contributed by atoms with Crippen LogP contribution in [0.1, 0.15) is 52.6 Å². The average Bonchev–Trinajstić information content (AvgIpc) is 3.40. The highest BCUT2D eigenvalue weighted by molar-refractivity contribution is 6.24. The molecule has 2 aliphatic heterocycles. The minimum Gasteiger partial charge on any atom is -0.486 e. The molecule has 0 spiro atoms. The van der Waals surface area contributed by atoms with E-state index >= 15 is 0 Å². The second-order valence-corrected chi connectivity index (χ2v) is 8.11. The maximum absolute atomic E-state index is 13.1. The van der Waals surface area contributed by atoms with Crippen LogP contribution in [-0.2, 0) is 32.2 Å². The lowest BCUT2D eigenvalue weighted by Gasteiger charge is -2.27. The quantitative estimate of drug-likeness (QED) is 0.340. The van der Waals surface area contributed by atoms with E-state index in [1.165, 1.54) is 6.07 Å². The molecule has 4 amide bonds. The number of imide groups is 2. The SMILES string of the molecule is CCCOCCOCCn1cc(COc2cccc3c2C(=O)N(C2CCC(=O)NC2=O)C3=O)nn1. The van der Waals surface area contributed by atoms with Gasteiger partial charge in [0.1, 0.15) is 24.1 Å². The van der Waals surface area contributed by atoms with E-state index in [0.717, 1.165) is 17.9 Å². The third kappa shape index (κ3) is 5.54. The smallest absolute Gasteiger partial charge is 0.266 e. The number of piperidine rings is 1. The standard InChI is InChI=1S/C23H27N5O7/c1-2-9-33-11-12-34-10-8-27-13-15(25-26-27)14-35-18-5-3-4-16-20(18)23(32)28(22(16)31)17-6-7-19(29)24-21(17)30/h3-5,13,17H,2,6-12,14H2,1H3,(H,24,29,30). The van der Waals surface area contributed by atoms with Crippen LogP contribution in [-0.4, -0.2) is 76.0 Å². The van der Waals surface area contributed by atoms with E-state index in [2.05, 4.69) is 15.6 Å². The van der Waals surface area contributed by atoms with E-state index in [4.69, 9.17) is 14.2 Å². The third-order valence-electron chi connectivity index (χ3n) is 5.58. The number of amides is 4. The zero-order chi connectivity index (χ0) is 24.8. The summed E-state index contributed by atoms with van der Waals surface area (Å²) in [4.78, 5) is 50.6. The predicted octanol–water partition coefficient (Wildman–Crippen LogP) is 0.702. The van der Waals surface area contributed by atoms with Gasteiger partial charge < -0.3 is 14.2 Å². The highest BCUT2D eigenvalue weighted by Gasteiger charge is 2.46. The third-order valence-corrected chi connectivity index (χ3v) is 5.58. The predicted molar refractivity (Wildman–Crippen MR) is 119 cm³/mol. The van der Waals surface area contributed by atoms with Crippen molar-refractivity contribution in [2.24, 2.45) is 0 Å². The molecule has 2 aliphatic rings. The summed E-state index contributed by atoms with van der Waals surface area (Å²) in [6.07, 6.45) is 2.83. The van der Waals surface area contributed by atoms with Crippen molar-refractivity contribution in [3.05, 3.63) is 41.2 Å². The van der Waals surface area contributed by atoms with Crippen LogP contribution >= 0.6 is 0 Å². The van der Waals surface area contributed by atoms with Gasteiger partial charge >= 0.3 is 0 Å². The molecule has 1 aromatic heterocycles. The number of nitrogens with one attached hydrogen (secondary N) is 1. The Morgan fingerprint density at radius 3 is 2.63 bits per heavy atom. The summed E-state index contributed by atoms with van der Waals surface area (Å²) >= 11 is 0. The Hall–Kier alpha value is -3.64. The molecule has 1 fully saturated rings. The van der Waals surface area contributed by atoms with Gasteiger partial charge in [-0.05, 0) is 25.0 Å². The van der Waals surface area contributed by atoms with E-state index in [0.29, 0.717) is 32.1 Å². The van der Waals surface area contributed by atoms with Gasteiger partial charge in [0, 0.05) is 13.0 Å². The van der Waals surface area contributed by atoms with Gasteiger partial charge in [-0.1, -0.05) is 18.2 Å². The van der Waals surface area contributed by atoms with Crippen LogP contribution < -0.4 is 10.1 Å². The van der Waals surface area contributed by atoms with Crippen LogP contribution in [0.15, 0.2) is 24.4 Å². The van der Waals surface area contributed by atoms with Crippen LogP contribution in [0.3, 0.4) is 0 Å². The first-order chi connectivity index (χ1) is 17.0. The molecule has 12 nitrogen and oxygen atoms in total. The Morgan fingerprint density at radius 1 is 1.06 bits per heavy atom. The minimum absolute atomic E-state index is 0.0298. The van der Waals surface area contributed by atoms with Gasteiger partial charge in [0.05, 0.1) is 43.7 Å². The molecule has 0 aliphatic carbocycles. The van der Waals surface area contributed by atoms with Gasteiger partial charge in [0.25, 0.3) is 11.8 Å². The molecule has 1 N–H and O–H groups in total. The molecule has 1 unspecified atom stereocenters. The van der Waals surface area contributed by atoms with Crippen molar-refractivity contribution in [3.8, 4) is 5.75 Å². The van der Waals surface area contributed by atoms with Crippen molar-refractivity contribution < 1.29 is 33.4 Å². The summed E-state index contributed by atoms with van der Waals surface area (Å²) < 4.78 is 18.3. The number of carbonyl (C=O) groups excluding carboxylic acids is 4. The number of ether oxygens (including phenoxy) is 3. The average molecular weight is 485 g/mol. The maximum Gasteiger partial charge on any atom is 0.266 e. The molecule has 1 aromatic carbocycles. The zero-order valence-electron chi connectivity index (χ0n) is 19.4. The van der Waals surface area contributed by atoms with Crippen LogP contribution in [0.5, 0.6) is 5.75 Å². The first-order valence-electron chi connectivity index (χ1n) is 11.5. The van der Waals surface area contributed by atoms with E-state index in [9.17, 15) is 19.2 Å². The second kappa shape index (κ2) is 11.2.